The van der Waals surface area contributed by atoms with Gasteiger partial charge in [0.2, 0.25) is 5.91 Å². The molecule has 4 nitrogen and oxygen atoms in total. The van der Waals surface area contributed by atoms with E-state index in [2.05, 4.69) is 5.32 Å². The van der Waals surface area contributed by atoms with Gasteiger partial charge >= 0.3 is 0 Å². The normalized spacial score (nSPS) is 25.5. The van der Waals surface area contributed by atoms with Crippen LogP contribution in [0.15, 0.2) is 0 Å². The van der Waals surface area contributed by atoms with Crippen molar-refractivity contribution in [3.63, 3.8) is 0 Å². The quantitative estimate of drug-likeness (QED) is 0.621. The lowest BCUT2D eigenvalue weighted by molar-refractivity contribution is -0.153. The van der Waals surface area contributed by atoms with E-state index in [1.54, 1.807) is 0 Å². The molecule has 1 aliphatic heterocycles. The van der Waals surface area contributed by atoms with Crippen molar-refractivity contribution in [1.82, 2.24) is 5.32 Å². The average Bonchev–Trinajstić information content (AvgIpc) is 2.36. The summed E-state index contributed by atoms with van der Waals surface area (Å²) in [5.74, 6) is 0.0590. The van der Waals surface area contributed by atoms with Gasteiger partial charge in [-0.3, -0.25) is 4.79 Å². The Morgan fingerprint density at radius 1 is 1.75 bits per heavy atom. The van der Waals surface area contributed by atoms with E-state index in [0.29, 0.717) is 19.6 Å². The molecule has 1 amide bonds. The van der Waals surface area contributed by atoms with Crippen LogP contribution in [-0.2, 0) is 14.3 Å². The zero-order valence-corrected chi connectivity index (χ0v) is 7.50. The molecule has 0 aliphatic carbocycles. The second kappa shape index (κ2) is 4.42. The van der Waals surface area contributed by atoms with Crippen LogP contribution >= 0.6 is 0 Å². The summed E-state index contributed by atoms with van der Waals surface area (Å²) in [5, 5.41) is 2.70. The first-order valence-electron chi connectivity index (χ1n) is 4.26. The predicted molar refractivity (Wildman–Crippen MR) is 43.6 cm³/mol. The topological polar surface area (TPSA) is 47.6 Å². The lowest BCUT2D eigenvalue weighted by atomic mass is 10.3. The molecule has 1 unspecified atom stereocenters. The molecule has 0 aromatic rings. The van der Waals surface area contributed by atoms with Crippen LogP contribution in [0.25, 0.3) is 0 Å². The number of hydrogen-bond donors (Lipinski definition) is 1. The van der Waals surface area contributed by atoms with Crippen molar-refractivity contribution in [3.05, 3.63) is 0 Å². The average molecular weight is 173 g/mol. The molecule has 12 heavy (non-hydrogen) atoms. The Labute approximate surface area is 72.2 Å². The molecule has 0 radical (unpaired) electrons. The molecule has 0 bridgehead atoms. The number of rotatable bonds is 4. The fraction of sp³-hybridized carbons (Fsp3) is 0.875. The second-order valence-corrected chi connectivity index (χ2v) is 2.79. The highest BCUT2D eigenvalue weighted by Gasteiger charge is 2.23. The van der Waals surface area contributed by atoms with Gasteiger partial charge in [0.05, 0.1) is 12.5 Å². The molecule has 70 valence electrons. The van der Waals surface area contributed by atoms with Gasteiger partial charge in [0.15, 0.2) is 6.29 Å². The summed E-state index contributed by atoms with van der Waals surface area (Å²) in [6.45, 7) is 5.00. The van der Waals surface area contributed by atoms with E-state index in [0.717, 1.165) is 0 Å². The first-order chi connectivity index (χ1) is 5.72. The maximum absolute atomic E-state index is 10.8. The van der Waals surface area contributed by atoms with Crippen LogP contribution in [0.2, 0.25) is 0 Å². The molecule has 1 saturated heterocycles. The fourth-order valence-electron chi connectivity index (χ4n) is 1.22. The molecule has 1 fully saturated rings. The van der Waals surface area contributed by atoms with Crippen LogP contribution in [0.4, 0.5) is 0 Å². The van der Waals surface area contributed by atoms with Crippen molar-refractivity contribution in [2.75, 3.05) is 13.2 Å². The van der Waals surface area contributed by atoms with Crippen molar-refractivity contribution in [2.24, 2.45) is 0 Å². The molecular formula is C8H15NO3. The number of ether oxygens (including phenoxy) is 2. The molecule has 4 heteroatoms. The van der Waals surface area contributed by atoms with E-state index in [1.807, 2.05) is 13.8 Å². The number of nitrogens with one attached hydrogen (secondary N) is 1. The molecule has 0 aromatic heterocycles. The van der Waals surface area contributed by atoms with Gasteiger partial charge < -0.3 is 14.8 Å². The standard InChI is InChI=1S/C8H15NO3/c1-3-11-6(2)12-7-4-8(10)9-5-7/h6-7H,3-5H2,1-2H3,(H,9,10)/t6?,7-/m0/s1. The third-order valence-corrected chi connectivity index (χ3v) is 1.73. The summed E-state index contributed by atoms with van der Waals surface area (Å²) in [6.07, 6.45) is 0.226. The van der Waals surface area contributed by atoms with Gasteiger partial charge in [-0.25, -0.2) is 0 Å². The fourth-order valence-corrected chi connectivity index (χ4v) is 1.22. The molecule has 1 rings (SSSR count). The molecule has 1 N–H and O–H groups in total. The van der Waals surface area contributed by atoms with Gasteiger partial charge in [0, 0.05) is 13.2 Å². The molecule has 0 aromatic carbocycles. The molecule has 0 saturated carbocycles. The Hall–Kier alpha value is -0.610. The van der Waals surface area contributed by atoms with Gasteiger partial charge in [-0.1, -0.05) is 0 Å². The third-order valence-electron chi connectivity index (χ3n) is 1.73. The zero-order valence-electron chi connectivity index (χ0n) is 7.50. The summed E-state index contributed by atoms with van der Waals surface area (Å²) < 4.78 is 10.6. The summed E-state index contributed by atoms with van der Waals surface area (Å²) in [5.41, 5.74) is 0. The molecule has 1 aliphatic rings. The van der Waals surface area contributed by atoms with E-state index < -0.39 is 0 Å². The molecule has 1 heterocycles. The Kier molecular flexibility index (Phi) is 3.49. The molecule has 0 spiro atoms. The lowest BCUT2D eigenvalue weighted by Crippen LogP contribution is -2.24. The van der Waals surface area contributed by atoms with Crippen LogP contribution in [0.1, 0.15) is 20.3 Å². The lowest BCUT2D eigenvalue weighted by Gasteiger charge is -2.16. The van der Waals surface area contributed by atoms with E-state index in [1.165, 1.54) is 0 Å². The summed E-state index contributed by atoms with van der Waals surface area (Å²) in [4.78, 5) is 10.8. The highest BCUT2D eigenvalue weighted by atomic mass is 16.7. The predicted octanol–water partition coefficient (Wildman–Crippen LogP) is 0.274. The van der Waals surface area contributed by atoms with Crippen LogP contribution in [0, 0.1) is 0 Å². The maximum atomic E-state index is 10.8. The Balaban J connectivity index is 2.18. The highest BCUT2D eigenvalue weighted by Crippen LogP contribution is 2.08. The van der Waals surface area contributed by atoms with Crippen LogP contribution in [-0.4, -0.2) is 31.5 Å². The minimum absolute atomic E-state index is 0.0148. The highest BCUT2D eigenvalue weighted by molar-refractivity contribution is 5.78. The second-order valence-electron chi connectivity index (χ2n) is 2.79. The van der Waals surface area contributed by atoms with Crippen molar-refractivity contribution in [1.29, 1.82) is 0 Å². The third kappa shape index (κ3) is 2.79. The van der Waals surface area contributed by atoms with Gasteiger partial charge in [-0.2, -0.15) is 0 Å². The largest absolute Gasteiger partial charge is 0.353 e. The van der Waals surface area contributed by atoms with Gasteiger partial charge in [-0.15, -0.1) is 0 Å². The van der Waals surface area contributed by atoms with Crippen molar-refractivity contribution in [3.8, 4) is 0 Å². The van der Waals surface area contributed by atoms with Crippen LogP contribution in [0.5, 0.6) is 0 Å². The van der Waals surface area contributed by atoms with E-state index in [4.69, 9.17) is 9.47 Å². The van der Waals surface area contributed by atoms with Gasteiger partial charge in [0.1, 0.15) is 0 Å². The molecular weight excluding hydrogens is 158 g/mol. The first-order valence-corrected chi connectivity index (χ1v) is 4.26. The number of amides is 1. The minimum atomic E-state index is -0.215. The minimum Gasteiger partial charge on any atom is -0.353 e. The van der Waals surface area contributed by atoms with Crippen molar-refractivity contribution >= 4 is 5.91 Å². The van der Waals surface area contributed by atoms with E-state index in [-0.39, 0.29) is 18.3 Å². The monoisotopic (exact) mass is 173 g/mol. The summed E-state index contributed by atoms with van der Waals surface area (Å²) in [6, 6.07) is 0. The van der Waals surface area contributed by atoms with E-state index in [9.17, 15) is 4.79 Å². The van der Waals surface area contributed by atoms with Crippen LogP contribution in [0.3, 0.4) is 0 Å². The van der Waals surface area contributed by atoms with Crippen molar-refractivity contribution in [2.45, 2.75) is 32.7 Å². The Morgan fingerprint density at radius 2 is 2.50 bits per heavy atom. The zero-order chi connectivity index (χ0) is 8.97. The van der Waals surface area contributed by atoms with Crippen molar-refractivity contribution < 1.29 is 14.3 Å². The van der Waals surface area contributed by atoms with Crippen LogP contribution < -0.4 is 5.32 Å². The Bertz CT molecular complexity index is 160. The van der Waals surface area contributed by atoms with Gasteiger partial charge in [-0.05, 0) is 13.8 Å². The number of carbonyl (C=O) groups is 1. The van der Waals surface area contributed by atoms with Gasteiger partial charge in [0.25, 0.3) is 0 Å². The summed E-state index contributed by atoms with van der Waals surface area (Å²) >= 11 is 0. The first kappa shape index (κ1) is 9.48. The number of hydrogen-bond acceptors (Lipinski definition) is 3. The molecule has 2 atom stereocenters. The summed E-state index contributed by atoms with van der Waals surface area (Å²) in [7, 11) is 0. The Morgan fingerprint density at radius 3 is 3.00 bits per heavy atom. The van der Waals surface area contributed by atoms with E-state index >= 15 is 0 Å². The maximum Gasteiger partial charge on any atom is 0.222 e. The smallest absolute Gasteiger partial charge is 0.222 e. The number of carbonyl (C=O) groups excluding carboxylic acids is 1. The SMILES string of the molecule is CCOC(C)O[C@@H]1CNC(=O)C1.